The summed E-state index contributed by atoms with van der Waals surface area (Å²) in [6.45, 7) is 3.64. The van der Waals surface area contributed by atoms with Gasteiger partial charge in [-0.25, -0.2) is 4.39 Å². The van der Waals surface area contributed by atoms with Crippen LogP contribution in [0.4, 0.5) is 10.1 Å². The van der Waals surface area contributed by atoms with Crippen molar-refractivity contribution < 1.29 is 18.4 Å². The Labute approximate surface area is 206 Å². The summed E-state index contributed by atoms with van der Waals surface area (Å²) in [5, 5.41) is 16.2. The lowest BCUT2D eigenvalue weighted by atomic mass is 9.85. The molecule has 1 aromatic heterocycles. The van der Waals surface area contributed by atoms with Gasteiger partial charge in [0.25, 0.3) is 5.91 Å². The van der Waals surface area contributed by atoms with Crippen LogP contribution in [0.5, 0.6) is 0 Å². The predicted octanol–water partition coefficient (Wildman–Crippen LogP) is 5.68. The summed E-state index contributed by atoms with van der Waals surface area (Å²) >= 11 is 1.19. The molecular formula is C27H22FN3O3S. The quantitative estimate of drug-likeness (QED) is 0.417. The zero-order valence-electron chi connectivity index (χ0n) is 19.1. The molecule has 1 amide bonds. The van der Waals surface area contributed by atoms with E-state index in [0.717, 1.165) is 5.56 Å². The maximum absolute atomic E-state index is 14.2. The number of anilines is 1. The Bertz CT molecular complexity index is 1370. The zero-order valence-corrected chi connectivity index (χ0v) is 19.9. The van der Waals surface area contributed by atoms with Crippen molar-refractivity contribution in [3.8, 4) is 6.07 Å². The number of Topliss-reactive ketones (excluding diaryl/α,β-unsaturated/α-hetero) is 1. The molecule has 4 rings (SSSR count). The van der Waals surface area contributed by atoms with Crippen molar-refractivity contribution in [1.82, 2.24) is 5.32 Å². The number of nitrogens with zero attached hydrogens (tertiary/aromatic N) is 1. The molecule has 1 aliphatic heterocycles. The Hall–Kier alpha value is -4.09. The maximum Gasteiger partial charge on any atom is 0.254 e. The van der Waals surface area contributed by atoms with Gasteiger partial charge < -0.3 is 15.1 Å². The van der Waals surface area contributed by atoms with Crippen molar-refractivity contribution in [3.05, 3.63) is 112 Å². The average molecular weight is 488 g/mol. The van der Waals surface area contributed by atoms with Crippen molar-refractivity contribution >= 4 is 29.1 Å². The van der Waals surface area contributed by atoms with E-state index < -0.39 is 17.6 Å². The molecule has 0 aliphatic carbocycles. The number of thioether (sulfide) groups is 1. The number of nitrogens with one attached hydrogen (secondary N) is 2. The lowest BCUT2D eigenvalue weighted by Gasteiger charge is -2.28. The molecule has 0 spiro atoms. The Balaban J connectivity index is 1.64. The number of halogens is 1. The van der Waals surface area contributed by atoms with Crippen LogP contribution in [0.2, 0.25) is 0 Å². The van der Waals surface area contributed by atoms with Crippen molar-refractivity contribution in [2.75, 3.05) is 11.1 Å². The first kappa shape index (κ1) is 24.0. The molecule has 0 saturated heterocycles. The molecule has 1 unspecified atom stereocenters. The van der Waals surface area contributed by atoms with Gasteiger partial charge >= 0.3 is 0 Å². The van der Waals surface area contributed by atoms with Gasteiger partial charge in [-0.05, 0) is 38.1 Å². The summed E-state index contributed by atoms with van der Waals surface area (Å²) < 4.78 is 19.8. The molecule has 0 radical (unpaired) electrons. The lowest BCUT2D eigenvalue weighted by Crippen LogP contribution is -2.31. The predicted molar refractivity (Wildman–Crippen MR) is 133 cm³/mol. The number of aryl methyl sites for hydroxylation is 1. The van der Waals surface area contributed by atoms with Crippen LogP contribution >= 0.6 is 11.8 Å². The second-order valence-corrected chi connectivity index (χ2v) is 8.96. The van der Waals surface area contributed by atoms with E-state index in [1.807, 2.05) is 19.1 Å². The van der Waals surface area contributed by atoms with Crippen molar-refractivity contribution in [2.24, 2.45) is 0 Å². The third-order valence-corrected chi connectivity index (χ3v) is 6.58. The number of benzene rings is 2. The number of hydrogen-bond acceptors (Lipinski definition) is 6. The SMILES string of the molecule is CC1=C(C(=O)Nc2ccccc2F)C(c2ccco2)C(C#N)=C(SCC(=O)c2ccc(C)cc2)N1. The minimum Gasteiger partial charge on any atom is -0.468 e. The highest BCUT2D eigenvalue weighted by atomic mass is 32.2. The first-order valence-corrected chi connectivity index (χ1v) is 11.8. The molecule has 35 heavy (non-hydrogen) atoms. The molecule has 3 aromatic rings. The van der Waals surface area contributed by atoms with Gasteiger partial charge in [-0.2, -0.15) is 5.26 Å². The molecule has 6 nitrogen and oxygen atoms in total. The van der Waals surface area contributed by atoms with Gasteiger partial charge in [-0.3, -0.25) is 9.59 Å². The van der Waals surface area contributed by atoms with Crippen LogP contribution in [-0.2, 0) is 4.79 Å². The number of allylic oxidation sites excluding steroid dienone is 2. The number of furan rings is 1. The molecule has 176 valence electrons. The van der Waals surface area contributed by atoms with Crippen molar-refractivity contribution in [1.29, 1.82) is 5.26 Å². The first-order valence-electron chi connectivity index (χ1n) is 10.8. The molecule has 0 bridgehead atoms. The third kappa shape index (κ3) is 5.20. The van der Waals surface area contributed by atoms with Gasteiger partial charge in [-0.1, -0.05) is 53.7 Å². The number of carbonyl (C=O) groups excluding carboxylic acids is 2. The normalized spacial score (nSPS) is 15.4. The maximum atomic E-state index is 14.2. The van der Waals surface area contributed by atoms with E-state index in [-0.39, 0.29) is 28.4 Å². The second-order valence-electron chi connectivity index (χ2n) is 7.98. The van der Waals surface area contributed by atoms with Crippen LogP contribution < -0.4 is 10.6 Å². The van der Waals surface area contributed by atoms with Gasteiger partial charge in [0.15, 0.2) is 5.78 Å². The monoisotopic (exact) mass is 487 g/mol. The van der Waals surface area contributed by atoms with Crippen LogP contribution in [0.15, 0.2) is 93.2 Å². The Morgan fingerprint density at radius 1 is 1.11 bits per heavy atom. The summed E-state index contributed by atoms with van der Waals surface area (Å²) in [5.74, 6) is -1.54. The van der Waals surface area contributed by atoms with Crippen molar-refractivity contribution in [3.63, 3.8) is 0 Å². The number of dihydropyridines is 1. The molecule has 0 fully saturated rings. The molecule has 8 heteroatoms. The van der Waals surface area contributed by atoms with Gasteiger partial charge in [0.2, 0.25) is 0 Å². The average Bonchev–Trinajstić information content (AvgIpc) is 3.38. The zero-order chi connectivity index (χ0) is 24.9. The number of carbonyl (C=O) groups is 2. The van der Waals surface area contributed by atoms with E-state index in [0.29, 0.717) is 22.0 Å². The van der Waals surface area contributed by atoms with E-state index in [2.05, 4.69) is 16.7 Å². The van der Waals surface area contributed by atoms with Crippen LogP contribution in [0.25, 0.3) is 0 Å². The fraction of sp³-hybridized carbons (Fsp3) is 0.148. The molecule has 1 aliphatic rings. The highest BCUT2D eigenvalue weighted by molar-refractivity contribution is 8.03. The fourth-order valence-corrected chi connectivity index (χ4v) is 4.77. The lowest BCUT2D eigenvalue weighted by molar-refractivity contribution is -0.113. The van der Waals surface area contributed by atoms with E-state index >= 15 is 0 Å². The number of ketones is 1. The third-order valence-electron chi connectivity index (χ3n) is 5.56. The van der Waals surface area contributed by atoms with E-state index in [1.165, 1.54) is 36.2 Å². The minimum absolute atomic E-state index is 0.0300. The van der Waals surface area contributed by atoms with Crippen LogP contribution in [0, 0.1) is 24.1 Å². The summed E-state index contributed by atoms with van der Waals surface area (Å²) in [5.41, 5.74) is 2.62. The second kappa shape index (κ2) is 10.5. The number of hydrogen-bond donors (Lipinski definition) is 2. The minimum atomic E-state index is -0.819. The molecule has 2 aromatic carbocycles. The largest absolute Gasteiger partial charge is 0.468 e. The Morgan fingerprint density at radius 2 is 1.86 bits per heavy atom. The standard InChI is InChI=1S/C27H22FN3O3S/c1-16-9-11-18(12-10-16)22(32)15-35-27-19(14-29)25(23-8-5-13-34-23)24(17(2)30-27)26(33)31-21-7-4-3-6-20(21)28/h3-13,25,30H,15H2,1-2H3,(H,31,33). The van der Waals surface area contributed by atoms with Gasteiger partial charge in [0.1, 0.15) is 11.6 Å². The number of amides is 1. The molecular weight excluding hydrogens is 465 g/mol. The van der Waals surface area contributed by atoms with Crippen LogP contribution in [0.1, 0.15) is 34.5 Å². The fourth-order valence-electron chi connectivity index (χ4n) is 3.78. The van der Waals surface area contributed by atoms with Gasteiger partial charge in [-0.15, -0.1) is 0 Å². The smallest absolute Gasteiger partial charge is 0.254 e. The highest BCUT2D eigenvalue weighted by Gasteiger charge is 2.36. The number of para-hydroxylation sites is 1. The summed E-state index contributed by atoms with van der Waals surface area (Å²) in [6.07, 6.45) is 1.46. The Kier molecular flexibility index (Phi) is 7.18. The summed E-state index contributed by atoms with van der Waals surface area (Å²) in [7, 11) is 0. The molecule has 0 saturated carbocycles. The first-order chi connectivity index (χ1) is 16.9. The van der Waals surface area contributed by atoms with Crippen LogP contribution in [0.3, 0.4) is 0 Å². The highest BCUT2D eigenvalue weighted by Crippen LogP contribution is 2.41. The van der Waals surface area contributed by atoms with E-state index in [4.69, 9.17) is 4.42 Å². The summed E-state index contributed by atoms with van der Waals surface area (Å²) in [6, 6.07) is 18.7. The van der Waals surface area contributed by atoms with E-state index in [9.17, 15) is 19.2 Å². The topological polar surface area (TPSA) is 95.1 Å². The van der Waals surface area contributed by atoms with Gasteiger partial charge in [0, 0.05) is 11.3 Å². The Morgan fingerprint density at radius 3 is 2.51 bits per heavy atom. The van der Waals surface area contributed by atoms with E-state index in [1.54, 1.807) is 37.3 Å². The number of nitriles is 1. The van der Waals surface area contributed by atoms with Crippen molar-refractivity contribution in [2.45, 2.75) is 19.8 Å². The number of rotatable bonds is 7. The molecule has 2 N–H and O–H groups in total. The summed E-state index contributed by atoms with van der Waals surface area (Å²) in [4.78, 5) is 26.0. The van der Waals surface area contributed by atoms with Gasteiger partial charge in [0.05, 0.1) is 45.9 Å². The molecule has 2 heterocycles. The van der Waals surface area contributed by atoms with Crippen LogP contribution in [-0.4, -0.2) is 17.4 Å². The molecule has 1 atom stereocenters.